The number of nitrogens with zero attached hydrogens (tertiary/aromatic N) is 1. The SMILES string of the molecule is BrN1CCCCCCC1. The van der Waals surface area contributed by atoms with E-state index in [9.17, 15) is 0 Å². The fourth-order valence-corrected chi connectivity index (χ4v) is 1.71. The summed E-state index contributed by atoms with van der Waals surface area (Å²) in [7, 11) is 0. The zero-order chi connectivity index (χ0) is 6.53. The maximum Gasteiger partial charge on any atom is 0.0120 e. The van der Waals surface area contributed by atoms with Crippen molar-refractivity contribution in [1.82, 2.24) is 3.93 Å². The minimum atomic E-state index is 1.24. The molecule has 0 spiro atoms. The van der Waals surface area contributed by atoms with E-state index in [1.54, 1.807) is 0 Å². The van der Waals surface area contributed by atoms with E-state index >= 15 is 0 Å². The van der Waals surface area contributed by atoms with E-state index < -0.39 is 0 Å². The monoisotopic (exact) mass is 191 g/mol. The molecule has 1 fully saturated rings. The van der Waals surface area contributed by atoms with Crippen molar-refractivity contribution in [2.45, 2.75) is 32.1 Å². The van der Waals surface area contributed by atoms with Crippen LogP contribution < -0.4 is 0 Å². The van der Waals surface area contributed by atoms with Gasteiger partial charge in [0.05, 0.1) is 0 Å². The van der Waals surface area contributed by atoms with Crippen LogP contribution in [0.25, 0.3) is 0 Å². The zero-order valence-electron chi connectivity index (χ0n) is 5.77. The molecule has 1 aliphatic heterocycles. The lowest BCUT2D eigenvalue weighted by Crippen LogP contribution is -2.16. The maximum atomic E-state index is 3.51. The highest BCUT2D eigenvalue weighted by atomic mass is 79.9. The Morgan fingerprint density at radius 2 is 1.22 bits per heavy atom. The summed E-state index contributed by atoms with van der Waals surface area (Å²) < 4.78 is 2.26. The van der Waals surface area contributed by atoms with Gasteiger partial charge in [-0.1, -0.05) is 19.3 Å². The fraction of sp³-hybridized carbons (Fsp3) is 1.00. The smallest absolute Gasteiger partial charge is 0.0120 e. The van der Waals surface area contributed by atoms with E-state index in [1.165, 1.54) is 45.2 Å². The topological polar surface area (TPSA) is 3.24 Å². The summed E-state index contributed by atoms with van der Waals surface area (Å²) in [6, 6.07) is 0. The Labute approximate surface area is 65.8 Å². The lowest BCUT2D eigenvalue weighted by atomic mass is 10.1. The molecule has 1 rings (SSSR count). The van der Waals surface area contributed by atoms with Crippen molar-refractivity contribution < 1.29 is 0 Å². The largest absolute Gasteiger partial charge is 0.242 e. The zero-order valence-corrected chi connectivity index (χ0v) is 7.36. The van der Waals surface area contributed by atoms with Crippen LogP contribution in [0.1, 0.15) is 32.1 Å². The molecular weight excluding hydrogens is 178 g/mol. The van der Waals surface area contributed by atoms with E-state index in [-0.39, 0.29) is 0 Å². The number of hydrogen-bond acceptors (Lipinski definition) is 1. The lowest BCUT2D eigenvalue weighted by molar-refractivity contribution is 0.409. The second-order valence-corrected chi connectivity index (χ2v) is 3.68. The van der Waals surface area contributed by atoms with Gasteiger partial charge >= 0.3 is 0 Å². The quantitative estimate of drug-likeness (QED) is 0.533. The fourth-order valence-electron chi connectivity index (χ4n) is 1.21. The van der Waals surface area contributed by atoms with Gasteiger partial charge in [-0.25, -0.2) is 3.93 Å². The number of rotatable bonds is 0. The molecule has 0 aromatic heterocycles. The van der Waals surface area contributed by atoms with Gasteiger partial charge in [0.2, 0.25) is 0 Å². The van der Waals surface area contributed by atoms with Gasteiger partial charge in [0.25, 0.3) is 0 Å². The van der Waals surface area contributed by atoms with Crippen molar-refractivity contribution in [3.63, 3.8) is 0 Å². The summed E-state index contributed by atoms with van der Waals surface area (Å²) >= 11 is 3.51. The van der Waals surface area contributed by atoms with Crippen LogP contribution in [-0.2, 0) is 0 Å². The molecule has 0 atom stereocenters. The molecular formula is C7H14BrN. The first-order chi connectivity index (χ1) is 4.39. The Hall–Kier alpha value is 0.440. The van der Waals surface area contributed by atoms with Gasteiger partial charge in [-0.3, -0.25) is 0 Å². The third kappa shape index (κ3) is 3.21. The molecule has 0 amide bonds. The molecule has 1 nitrogen and oxygen atoms in total. The van der Waals surface area contributed by atoms with Crippen LogP contribution in [0.3, 0.4) is 0 Å². The molecule has 54 valence electrons. The van der Waals surface area contributed by atoms with Crippen LogP contribution in [0.15, 0.2) is 0 Å². The normalized spacial score (nSPS) is 25.0. The molecule has 0 aromatic carbocycles. The van der Waals surface area contributed by atoms with E-state index in [1.807, 2.05) is 0 Å². The van der Waals surface area contributed by atoms with Gasteiger partial charge in [-0.2, -0.15) is 0 Å². The average molecular weight is 192 g/mol. The van der Waals surface area contributed by atoms with Crippen molar-refractivity contribution in [2.75, 3.05) is 13.1 Å². The van der Waals surface area contributed by atoms with Crippen molar-refractivity contribution in [3.05, 3.63) is 0 Å². The third-order valence-electron chi connectivity index (χ3n) is 1.80. The first-order valence-electron chi connectivity index (χ1n) is 3.80. The Morgan fingerprint density at radius 1 is 0.778 bits per heavy atom. The highest BCUT2D eigenvalue weighted by Crippen LogP contribution is 2.12. The number of hydrogen-bond donors (Lipinski definition) is 0. The van der Waals surface area contributed by atoms with Gasteiger partial charge < -0.3 is 0 Å². The molecule has 0 radical (unpaired) electrons. The first-order valence-corrected chi connectivity index (χ1v) is 4.51. The molecule has 0 N–H and O–H groups in total. The molecule has 1 heterocycles. The second kappa shape index (κ2) is 4.29. The summed E-state index contributed by atoms with van der Waals surface area (Å²) in [5, 5.41) is 0. The van der Waals surface area contributed by atoms with Crippen molar-refractivity contribution in [2.24, 2.45) is 0 Å². The van der Waals surface area contributed by atoms with E-state index in [4.69, 9.17) is 0 Å². The molecule has 0 aliphatic carbocycles. The molecule has 1 saturated heterocycles. The first kappa shape index (κ1) is 7.55. The standard InChI is InChI=1S/C7H14BrN/c8-9-6-4-2-1-3-5-7-9/h1-7H2. The molecule has 0 unspecified atom stereocenters. The van der Waals surface area contributed by atoms with E-state index in [0.29, 0.717) is 0 Å². The molecule has 0 saturated carbocycles. The highest BCUT2D eigenvalue weighted by molar-refractivity contribution is 9.07. The van der Waals surface area contributed by atoms with Crippen LogP contribution in [-0.4, -0.2) is 17.0 Å². The Kier molecular flexibility index (Phi) is 3.59. The van der Waals surface area contributed by atoms with Gasteiger partial charge in [0, 0.05) is 29.2 Å². The second-order valence-electron chi connectivity index (χ2n) is 2.68. The molecule has 9 heavy (non-hydrogen) atoms. The predicted octanol–water partition coefficient (Wildman–Crippen LogP) is 2.56. The van der Waals surface area contributed by atoms with E-state index in [2.05, 4.69) is 20.1 Å². The van der Waals surface area contributed by atoms with Gasteiger partial charge in [-0.05, 0) is 12.8 Å². The lowest BCUT2D eigenvalue weighted by Gasteiger charge is -2.16. The number of halogens is 1. The average Bonchev–Trinajstić information content (AvgIpc) is 1.79. The van der Waals surface area contributed by atoms with E-state index in [0.717, 1.165) is 0 Å². The van der Waals surface area contributed by atoms with Gasteiger partial charge in [0.1, 0.15) is 0 Å². The van der Waals surface area contributed by atoms with Crippen molar-refractivity contribution in [3.8, 4) is 0 Å². The molecule has 2 heteroatoms. The Bertz CT molecular complexity index is 67.3. The van der Waals surface area contributed by atoms with Crippen LogP contribution >= 0.6 is 16.1 Å². The minimum absolute atomic E-state index is 1.24. The molecule has 1 aliphatic rings. The van der Waals surface area contributed by atoms with Crippen LogP contribution in [0.4, 0.5) is 0 Å². The van der Waals surface area contributed by atoms with Gasteiger partial charge in [0.15, 0.2) is 0 Å². The summed E-state index contributed by atoms with van der Waals surface area (Å²) in [6.45, 7) is 2.47. The van der Waals surface area contributed by atoms with Gasteiger partial charge in [-0.15, -0.1) is 0 Å². The third-order valence-corrected chi connectivity index (χ3v) is 2.51. The Balaban J connectivity index is 2.12. The molecule has 0 bridgehead atoms. The minimum Gasteiger partial charge on any atom is -0.242 e. The molecule has 0 aromatic rings. The van der Waals surface area contributed by atoms with Crippen molar-refractivity contribution in [1.29, 1.82) is 0 Å². The maximum absolute atomic E-state index is 3.51. The predicted molar refractivity (Wildman–Crippen MR) is 43.6 cm³/mol. The highest BCUT2D eigenvalue weighted by Gasteiger charge is 2.02. The summed E-state index contributed by atoms with van der Waals surface area (Å²) in [5.41, 5.74) is 0. The van der Waals surface area contributed by atoms with Crippen LogP contribution in [0.2, 0.25) is 0 Å². The van der Waals surface area contributed by atoms with Crippen molar-refractivity contribution >= 4 is 16.1 Å². The van der Waals surface area contributed by atoms with Crippen LogP contribution in [0.5, 0.6) is 0 Å². The summed E-state index contributed by atoms with van der Waals surface area (Å²) in [6.07, 6.45) is 7.02. The Morgan fingerprint density at radius 3 is 1.78 bits per heavy atom. The summed E-state index contributed by atoms with van der Waals surface area (Å²) in [5.74, 6) is 0. The van der Waals surface area contributed by atoms with Crippen LogP contribution in [0, 0.1) is 0 Å². The summed E-state index contributed by atoms with van der Waals surface area (Å²) in [4.78, 5) is 0.